The molecule has 0 radical (unpaired) electrons. The van der Waals surface area contributed by atoms with Crippen molar-refractivity contribution in [3.05, 3.63) is 30.3 Å². The molecule has 0 aromatic heterocycles. The minimum absolute atomic E-state index is 0.0746. The number of para-hydroxylation sites is 1. The second kappa shape index (κ2) is 10.9. The van der Waals surface area contributed by atoms with Crippen LogP contribution in [0.5, 0.6) is 0 Å². The summed E-state index contributed by atoms with van der Waals surface area (Å²) in [5, 5.41) is 8.85. The van der Waals surface area contributed by atoms with Gasteiger partial charge in [-0.1, -0.05) is 18.2 Å². The molecule has 1 aliphatic heterocycles. The Balaban J connectivity index is 1.82. The molecule has 0 N–H and O–H groups in total. The number of carbonyl (C=O) groups excluding carboxylic acids is 2. The molecule has 0 bridgehead atoms. The largest absolute Gasteiger partial charge is 0.340 e. The van der Waals surface area contributed by atoms with E-state index in [0.717, 1.165) is 5.69 Å². The van der Waals surface area contributed by atoms with Gasteiger partial charge in [-0.15, -0.1) is 0 Å². The zero-order valence-electron chi connectivity index (χ0n) is 16.8. The van der Waals surface area contributed by atoms with Crippen LogP contribution in [-0.4, -0.2) is 81.3 Å². The number of anilines is 1. The minimum Gasteiger partial charge on any atom is -0.340 e. The van der Waals surface area contributed by atoms with Crippen LogP contribution >= 0.6 is 0 Å². The van der Waals surface area contributed by atoms with Gasteiger partial charge in [-0.05, 0) is 12.1 Å². The van der Waals surface area contributed by atoms with E-state index in [2.05, 4.69) is 6.07 Å². The second-order valence-corrected chi connectivity index (χ2v) is 9.40. The lowest BCUT2D eigenvalue weighted by atomic mass is 10.2. The number of nitriles is 1. The fourth-order valence-electron chi connectivity index (χ4n) is 3.19. The maximum Gasteiger partial charge on any atom is 0.227 e. The van der Waals surface area contributed by atoms with Gasteiger partial charge in [0, 0.05) is 64.1 Å². The molecular weight excluding hydrogens is 392 g/mol. The third-order valence-corrected chi connectivity index (χ3v) is 5.80. The molecule has 0 spiro atoms. The molecule has 0 saturated carbocycles. The van der Waals surface area contributed by atoms with Crippen LogP contribution in [0.1, 0.15) is 19.3 Å². The summed E-state index contributed by atoms with van der Waals surface area (Å²) in [6.07, 6.45) is 1.66. The summed E-state index contributed by atoms with van der Waals surface area (Å²) in [7, 11) is -2.99. The molecular formula is C20H28N4O4S. The zero-order chi connectivity index (χ0) is 21.3. The molecule has 1 saturated heterocycles. The van der Waals surface area contributed by atoms with Crippen molar-refractivity contribution in [2.75, 3.05) is 56.2 Å². The number of nitrogens with zero attached hydrogens (tertiary/aromatic N) is 4. The van der Waals surface area contributed by atoms with E-state index in [1.165, 1.54) is 6.26 Å². The Bertz CT molecular complexity index is 828. The molecule has 0 atom stereocenters. The van der Waals surface area contributed by atoms with E-state index in [1.807, 2.05) is 35.2 Å². The smallest absolute Gasteiger partial charge is 0.227 e. The Hall–Kier alpha value is -2.44. The topological polar surface area (TPSA) is 102 Å². The summed E-state index contributed by atoms with van der Waals surface area (Å²) >= 11 is 0. The molecule has 0 aliphatic carbocycles. The highest BCUT2D eigenvalue weighted by Gasteiger charge is 2.23. The van der Waals surface area contributed by atoms with Crippen molar-refractivity contribution in [3.8, 4) is 6.07 Å². The molecule has 0 unspecified atom stereocenters. The second-order valence-electron chi connectivity index (χ2n) is 7.14. The van der Waals surface area contributed by atoms with E-state index < -0.39 is 9.84 Å². The quantitative estimate of drug-likeness (QED) is 0.588. The van der Waals surface area contributed by atoms with Crippen LogP contribution in [0.25, 0.3) is 0 Å². The van der Waals surface area contributed by atoms with Gasteiger partial charge in [0.2, 0.25) is 11.8 Å². The Kier molecular flexibility index (Phi) is 8.61. The molecule has 9 heteroatoms. The van der Waals surface area contributed by atoms with Gasteiger partial charge in [0.25, 0.3) is 0 Å². The van der Waals surface area contributed by atoms with Crippen LogP contribution in [0.4, 0.5) is 5.69 Å². The first-order valence-corrected chi connectivity index (χ1v) is 11.8. The Labute approximate surface area is 172 Å². The SMILES string of the molecule is CS(=O)(=O)CCN1CCN(C(=O)CCC(=O)N(CCC#N)c2ccccc2)CC1. The monoisotopic (exact) mass is 420 g/mol. The van der Waals surface area contributed by atoms with E-state index in [0.29, 0.717) is 39.3 Å². The van der Waals surface area contributed by atoms with Crippen LogP contribution < -0.4 is 4.90 Å². The van der Waals surface area contributed by atoms with Crippen LogP contribution in [0, 0.1) is 11.3 Å². The van der Waals surface area contributed by atoms with Crippen LogP contribution in [-0.2, 0) is 19.4 Å². The Morgan fingerprint density at radius 2 is 1.76 bits per heavy atom. The predicted molar refractivity (Wildman–Crippen MR) is 111 cm³/mol. The van der Waals surface area contributed by atoms with Crippen molar-refractivity contribution in [1.82, 2.24) is 9.80 Å². The molecule has 8 nitrogen and oxygen atoms in total. The van der Waals surface area contributed by atoms with Gasteiger partial charge in [-0.25, -0.2) is 8.42 Å². The Morgan fingerprint density at radius 1 is 1.10 bits per heavy atom. The molecule has 1 aromatic rings. The van der Waals surface area contributed by atoms with Crippen molar-refractivity contribution >= 4 is 27.3 Å². The number of hydrogen-bond donors (Lipinski definition) is 0. The highest BCUT2D eigenvalue weighted by atomic mass is 32.2. The van der Waals surface area contributed by atoms with Crippen molar-refractivity contribution in [2.45, 2.75) is 19.3 Å². The predicted octanol–water partition coefficient (Wildman–Crippen LogP) is 0.902. The molecule has 1 aromatic carbocycles. The van der Waals surface area contributed by atoms with E-state index in [4.69, 9.17) is 5.26 Å². The van der Waals surface area contributed by atoms with E-state index in [-0.39, 0.29) is 36.8 Å². The van der Waals surface area contributed by atoms with Crippen LogP contribution in [0.2, 0.25) is 0 Å². The number of sulfone groups is 1. The number of carbonyl (C=O) groups is 2. The number of benzene rings is 1. The molecule has 2 rings (SSSR count). The molecule has 158 valence electrons. The number of rotatable bonds is 9. The van der Waals surface area contributed by atoms with Gasteiger partial charge < -0.3 is 9.80 Å². The van der Waals surface area contributed by atoms with E-state index in [9.17, 15) is 18.0 Å². The number of hydrogen-bond acceptors (Lipinski definition) is 6. The Morgan fingerprint density at radius 3 is 2.34 bits per heavy atom. The molecule has 2 amide bonds. The standard InChI is InChI=1S/C20H28N4O4S/c1-29(27,28)17-16-22-12-14-23(15-13-22)19(25)8-9-20(26)24(11-5-10-21)18-6-3-2-4-7-18/h2-4,6-7H,5,8-9,11-17H2,1H3. The van der Waals surface area contributed by atoms with E-state index >= 15 is 0 Å². The van der Waals surface area contributed by atoms with Gasteiger partial charge in [0.15, 0.2) is 0 Å². The van der Waals surface area contributed by atoms with Gasteiger partial charge in [0.1, 0.15) is 9.84 Å². The van der Waals surface area contributed by atoms with Crippen LogP contribution in [0.15, 0.2) is 30.3 Å². The zero-order valence-corrected chi connectivity index (χ0v) is 17.6. The average Bonchev–Trinajstić information content (AvgIpc) is 2.71. The third-order valence-electron chi connectivity index (χ3n) is 4.87. The number of amides is 2. The first-order valence-electron chi connectivity index (χ1n) is 9.70. The first-order chi connectivity index (χ1) is 13.8. The highest BCUT2D eigenvalue weighted by molar-refractivity contribution is 7.90. The van der Waals surface area contributed by atoms with Crippen molar-refractivity contribution < 1.29 is 18.0 Å². The molecule has 1 aliphatic rings. The summed E-state index contributed by atoms with van der Waals surface area (Å²) in [5.41, 5.74) is 0.722. The first kappa shape index (κ1) is 22.8. The maximum atomic E-state index is 12.6. The van der Waals surface area contributed by atoms with Crippen molar-refractivity contribution in [1.29, 1.82) is 5.26 Å². The molecule has 1 fully saturated rings. The van der Waals surface area contributed by atoms with Crippen molar-refractivity contribution in [2.24, 2.45) is 0 Å². The third kappa shape index (κ3) is 7.83. The summed E-state index contributed by atoms with van der Waals surface area (Å²) < 4.78 is 22.5. The lowest BCUT2D eigenvalue weighted by molar-refractivity contribution is -0.134. The van der Waals surface area contributed by atoms with Crippen LogP contribution in [0.3, 0.4) is 0 Å². The van der Waals surface area contributed by atoms with Gasteiger partial charge in [0.05, 0.1) is 18.2 Å². The van der Waals surface area contributed by atoms with Gasteiger partial charge in [-0.3, -0.25) is 14.5 Å². The van der Waals surface area contributed by atoms with E-state index in [1.54, 1.807) is 9.80 Å². The average molecular weight is 421 g/mol. The lowest BCUT2D eigenvalue weighted by Gasteiger charge is -2.34. The fourth-order valence-corrected chi connectivity index (χ4v) is 3.78. The lowest BCUT2D eigenvalue weighted by Crippen LogP contribution is -2.49. The highest BCUT2D eigenvalue weighted by Crippen LogP contribution is 2.16. The van der Waals surface area contributed by atoms with Gasteiger partial charge >= 0.3 is 0 Å². The number of piperazine rings is 1. The summed E-state index contributed by atoms with van der Waals surface area (Å²) in [6.45, 7) is 3.11. The molecule has 1 heterocycles. The summed E-state index contributed by atoms with van der Waals surface area (Å²) in [6, 6.07) is 11.2. The summed E-state index contributed by atoms with van der Waals surface area (Å²) in [5.74, 6) is -0.131. The minimum atomic E-state index is -2.99. The molecule has 29 heavy (non-hydrogen) atoms. The normalized spacial score (nSPS) is 15.0. The van der Waals surface area contributed by atoms with Crippen molar-refractivity contribution in [3.63, 3.8) is 0 Å². The maximum absolute atomic E-state index is 12.6. The van der Waals surface area contributed by atoms with Gasteiger partial charge in [-0.2, -0.15) is 5.26 Å². The summed E-state index contributed by atoms with van der Waals surface area (Å²) in [4.78, 5) is 30.5. The fraction of sp³-hybridized carbons (Fsp3) is 0.550.